The first-order chi connectivity index (χ1) is 15.8. The van der Waals surface area contributed by atoms with E-state index in [1.165, 1.54) is 0 Å². The largest absolute Gasteiger partial charge is 0.493 e. The predicted molar refractivity (Wildman–Crippen MR) is 130 cm³/mol. The Morgan fingerprint density at radius 3 is 2.58 bits per heavy atom. The Balaban J connectivity index is 1.52. The summed E-state index contributed by atoms with van der Waals surface area (Å²) in [6.07, 6.45) is 1.60. The summed E-state index contributed by atoms with van der Waals surface area (Å²) < 4.78 is 10.5. The summed E-state index contributed by atoms with van der Waals surface area (Å²) in [5.41, 5.74) is 1.44. The van der Waals surface area contributed by atoms with Crippen molar-refractivity contribution >= 4 is 52.2 Å². The van der Waals surface area contributed by atoms with Crippen LogP contribution in [-0.2, 0) is 9.59 Å². The summed E-state index contributed by atoms with van der Waals surface area (Å²) in [6.45, 7) is 0.316. The van der Waals surface area contributed by atoms with Crippen LogP contribution in [0.5, 0.6) is 11.5 Å². The molecule has 174 valence electrons. The number of rotatable bonds is 9. The third kappa shape index (κ3) is 6.00. The molecule has 0 unspecified atom stereocenters. The molecule has 1 heterocycles. The molecule has 0 atom stereocenters. The van der Waals surface area contributed by atoms with Crippen LogP contribution in [0.2, 0.25) is 5.02 Å². The van der Waals surface area contributed by atoms with Gasteiger partial charge in [-0.15, -0.1) is 0 Å². The van der Waals surface area contributed by atoms with Crippen LogP contribution in [0.25, 0.3) is 6.08 Å². The minimum Gasteiger partial charge on any atom is -0.493 e. The van der Waals surface area contributed by atoms with Crippen molar-refractivity contribution in [2.24, 2.45) is 0 Å². The number of carbonyl (C=O) groups excluding carboxylic acids is 3. The average Bonchev–Trinajstić information content (AvgIpc) is 3.07. The lowest BCUT2D eigenvalue weighted by Crippen LogP contribution is -2.40. The van der Waals surface area contributed by atoms with Gasteiger partial charge in [0.1, 0.15) is 0 Å². The molecule has 33 heavy (non-hydrogen) atoms. The van der Waals surface area contributed by atoms with Gasteiger partial charge < -0.3 is 19.7 Å². The van der Waals surface area contributed by atoms with Crippen molar-refractivity contribution in [2.75, 3.05) is 45.8 Å². The van der Waals surface area contributed by atoms with Gasteiger partial charge in [0, 0.05) is 36.9 Å². The van der Waals surface area contributed by atoms with Crippen LogP contribution in [0.4, 0.5) is 10.5 Å². The van der Waals surface area contributed by atoms with Gasteiger partial charge in [-0.1, -0.05) is 29.8 Å². The minimum absolute atomic E-state index is 0.0797. The molecule has 1 saturated heterocycles. The van der Waals surface area contributed by atoms with Gasteiger partial charge in [-0.05, 0) is 41.6 Å². The van der Waals surface area contributed by atoms with E-state index in [2.05, 4.69) is 5.32 Å². The highest BCUT2D eigenvalue weighted by Gasteiger charge is 2.34. The normalized spacial score (nSPS) is 14.5. The van der Waals surface area contributed by atoms with E-state index in [1.807, 2.05) is 6.07 Å². The standard InChI is InChI=1S/C23H24ClN3O5S/c1-26(16-8-9-18(31-2)19(13-16)32-3)14-21(28)25-10-11-27-22(29)20(33-23(27)30)12-15-6-4-5-7-17(15)24/h4-9,12-13H,10-11,14H2,1-3H3,(H,25,28)/b20-12-. The molecular weight excluding hydrogens is 466 g/mol. The zero-order chi connectivity index (χ0) is 24.0. The highest BCUT2D eigenvalue weighted by Crippen LogP contribution is 2.33. The van der Waals surface area contributed by atoms with Crippen LogP contribution in [0.15, 0.2) is 47.4 Å². The van der Waals surface area contributed by atoms with Gasteiger partial charge in [0.15, 0.2) is 11.5 Å². The minimum atomic E-state index is -0.401. The summed E-state index contributed by atoms with van der Waals surface area (Å²) in [5.74, 6) is 0.513. The number of anilines is 1. The highest BCUT2D eigenvalue weighted by atomic mass is 35.5. The van der Waals surface area contributed by atoms with Gasteiger partial charge in [-0.25, -0.2) is 0 Å². The van der Waals surface area contributed by atoms with Crippen molar-refractivity contribution in [1.29, 1.82) is 0 Å². The fourth-order valence-corrected chi connectivity index (χ4v) is 4.20. The van der Waals surface area contributed by atoms with Crippen molar-refractivity contribution in [2.45, 2.75) is 0 Å². The van der Waals surface area contributed by atoms with E-state index in [1.54, 1.807) is 68.6 Å². The van der Waals surface area contributed by atoms with Crippen molar-refractivity contribution < 1.29 is 23.9 Å². The molecule has 0 aromatic heterocycles. The molecule has 3 rings (SSSR count). The highest BCUT2D eigenvalue weighted by molar-refractivity contribution is 8.18. The lowest BCUT2D eigenvalue weighted by atomic mass is 10.2. The number of amides is 3. The van der Waals surface area contributed by atoms with E-state index in [4.69, 9.17) is 21.1 Å². The molecule has 0 saturated carbocycles. The molecule has 1 N–H and O–H groups in total. The third-order valence-corrected chi connectivity index (χ3v) is 6.16. The van der Waals surface area contributed by atoms with Crippen molar-refractivity contribution in [3.05, 3.63) is 58.0 Å². The summed E-state index contributed by atoms with van der Waals surface area (Å²) in [6, 6.07) is 12.4. The number of nitrogens with one attached hydrogen (secondary N) is 1. The van der Waals surface area contributed by atoms with Crippen LogP contribution >= 0.6 is 23.4 Å². The molecule has 0 spiro atoms. The second-order valence-electron chi connectivity index (χ2n) is 7.10. The first-order valence-corrected chi connectivity index (χ1v) is 11.2. The maximum atomic E-state index is 12.6. The monoisotopic (exact) mass is 489 g/mol. The SMILES string of the molecule is COc1ccc(N(C)CC(=O)NCCN2C(=O)S/C(=C\c3ccccc3Cl)C2=O)cc1OC. The average molecular weight is 490 g/mol. The molecule has 2 aromatic carbocycles. The van der Waals surface area contributed by atoms with E-state index in [9.17, 15) is 14.4 Å². The summed E-state index contributed by atoms with van der Waals surface area (Å²) >= 11 is 6.99. The topological polar surface area (TPSA) is 88.2 Å². The van der Waals surface area contributed by atoms with E-state index in [-0.39, 0.29) is 30.8 Å². The number of hydrogen-bond donors (Lipinski definition) is 1. The van der Waals surface area contributed by atoms with E-state index in [0.29, 0.717) is 27.0 Å². The molecule has 8 nitrogen and oxygen atoms in total. The number of thioether (sulfide) groups is 1. The summed E-state index contributed by atoms with van der Waals surface area (Å²) in [7, 11) is 4.87. The van der Waals surface area contributed by atoms with Gasteiger partial charge in [0.2, 0.25) is 5.91 Å². The number of ether oxygens (including phenoxy) is 2. The van der Waals surface area contributed by atoms with Crippen molar-refractivity contribution in [1.82, 2.24) is 10.2 Å². The molecule has 2 aromatic rings. The smallest absolute Gasteiger partial charge is 0.293 e. The quantitative estimate of drug-likeness (QED) is 0.538. The number of carbonyl (C=O) groups is 3. The number of likely N-dealkylation sites (N-methyl/N-ethyl adjacent to an activating group) is 1. The van der Waals surface area contributed by atoms with Gasteiger partial charge in [-0.2, -0.15) is 0 Å². The molecule has 10 heteroatoms. The van der Waals surface area contributed by atoms with Gasteiger partial charge in [0.05, 0.1) is 25.7 Å². The summed E-state index contributed by atoms with van der Waals surface area (Å²) in [5, 5.41) is 2.86. The Morgan fingerprint density at radius 1 is 1.15 bits per heavy atom. The number of methoxy groups -OCH3 is 2. The molecule has 1 aliphatic rings. The maximum absolute atomic E-state index is 12.6. The van der Waals surface area contributed by atoms with E-state index >= 15 is 0 Å². The molecular formula is C23H24ClN3O5S. The molecule has 1 aliphatic heterocycles. The third-order valence-electron chi connectivity index (χ3n) is 4.91. The number of benzene rings is 2. The Bertz CT molecular complexity index is 1090. The van der Waals surface area contributed by atoms with E-state index in [0.717, 1.165) is 22.3 Å². The number of hydrogen-bond acceptors (Lipinski definition) is 7. The second kappa shape index (κ2) is 11.1. The molecule has 1 fully saturated rings. The first-order valence-electron chi connectivity index (χ1n) is 10.0. The summed E-state index contributed by atoms with van der Waals surface area (Å²) in [4.78, 5) is 40.4. The zero-order valence-electron chi connectivity index (χ0n) is 18.5. The van der Waals surface area contributed by atoms with Crippen LogP contribution in [0.3, 0.4) is 0 Å². The molecule has 0 aliphatic carbocycles. The number of halogens is 1. The van der Waals surface area contributed by atoms with Crippen LogP contribution in [0.1, 0.15) is 5.56 Å². The van der Waals surface area contributed by atoms with Gasteiger partial charge >= 0.3 is 0 Å². The van der Waals surface area contributed by atoms with E-state index < -0.39 is 5.91 Å². The molecule has 0 bridgehead atoms. The fraction of sp³-hybridized carbons (Fsp3) is 0.261. The van der Waals surface area contributed by atoms with Crippen molar-refractivity contribution in [3.63, 3.8) is 0 Å². The lowest BCUT2D eigenvalue weighted by molar-refractivity contribution is -0.124. The van der Waals surface area contributed by atoms with Crippen molar-refractivity contribution in [3.8, 4) is 11.5 Å². The van der Waals surface area contributed by atoms with Gasteiger partial charge in [0.25, 0.3) is 11.1 Å². The Kier molecular flexibility index (Phi) is 8.24. The van der Waals surface area contributed by atoms with Crippen LogP contribution < -0.4 is 19.7 Å². The first kappa shape index (κ1) is 24.5. The van der Waals surface area contributed by atoms with Crippen LogP contribution in [0, 0.1) is 0 Å². The Morgan fingerprint density at radius 2 is 1.88 bits per heavy atom. The van der Waals surface area contributed by atoms with Gasteiger partial charge in [-0.3, -0.25) is 19.3 Å². The molecule has 3 amide bonds. The number of imide groups is 1. The van der Waals surface area contributed by atoms with Crippen LogP contribution in [-0.4, -0.2) is 62.9 Å². The molecule has 0 radical (unpaired) electrons. The lowest BCUT2D eigenvalue weighted by Gasteiger charge is -2.20. The predicted octanol–water partition coefficient (Wildman–Crippen LogP) is 3.65. The second-order valence-corrected chi connectivity index (χ2v) is 8.50. The Hall–Kier alpha value is -3.17. The Labute approximate surface area is 201 Å². The fourth-order valence-electron chi connectivity index (χ4n) is 3.16. The number of nitrogens with zero attached hydrogens (tertiary/aromatic N) is 2. The maximum Gasteiger partial charge on any atom is 0.293 e. The zero-order valence-corrected chi connectivity index (χ0v) is 20.0.